The zero-order chi connectivity index (χ0) is 17.3. The number of nitrogens with one attached hydrogen (secondary N) is 1. The third kappa shape index (κ3) is 4.42. The number of aromatic nitrogens is 3. The molecule has 3 rings (SSSR count). The fraction of sp³-hybridized carbons (Fsp3) is 0.588. The molecule has 0 saturated heterocycles. The molecule has 1 saturated carbocycles. The number of nitrogens with zero attached hydrogens (tertiary/aromatic N) is 3. The highest BCUT2D eigenvalue weighted by Gasteiger charge is 2.27. The summed E-state index contributed by atoms with van der Waals surface area (Å²) in [6, 6.07) is 2.09. The molecule has 1 fully saturated rings. The number of hydrogen-bond acceptors (Lipinski definition) is 5. The van der Waals surface area contributed by atoms with Gasteiger partial charge in [0.25, 0.3) is 5.91 Å². The van der Waals surface area contributed by atoms with Crippen molar-refractivity contribution in [3.63, 3.8) is 0 Å². The van der Waals surface area contributed by atoms with Crippen LogP contribution in [0.2, 0.25) is 0 Å². The lowest BCUT2D eigenvalue weighted by molar-refractivity contribution is -0.0150. The molecule has 2 aromatic rings. The maximum absolute atomic E-state index is 12.3. The molecule has 0 radical (unpaired) electrons. The Bertz CT molecular complexity index is 725. The summed E-state index contributed by atoms with van der Waals surface area (Å²) in [4.78, 5) is 17.1. The van der Waals surface area contributed by atoms with E-state index in [1.807, 2.05) is 32.5 Å². The van der Waals surface area contributed by atoms with Gasteiger partial charge in [-0.05, 0) is 39.7 Å². The first kappa shape index (κ1) is 17.1. The average molecular weight is 348 g/mol. The molecule has 1 aliphatic carbocycles. The molecule has 2 heterocycles. The molecule has 2 aromatic heterocycles. The average Bonchev–Trinajstić information content (AvgIpc) is 3.11. The molecule has 130 valence electrons. The summed E-state index contributed by atoms with van der Waals surface area (Å²) < 4.78 is 7.61. The number of aryl methyl sites for hydroxylation is 1. The van der Waals surface area contributed by atoms with Gasteiger partial charge in [-0.1, -0.05) is 0 Å². The zero-order valence-electron chi connectivity index (χ0n) is 14.6. The molecular formula is C17H24N4O2S. The van der Waals surface area contributed by atoms with Gasteiger partial charge in [-0.2, -0.15) is 5.10 Å². The van der Waals surface area contributed by atoms with E-state index in [1.54, 1.807) is 6.20 Å². The standard InChI is InChI=1S/C17H24N4O2S/c1-17(2,3)23-10-15-18-9-14(24-15)16(22)19-8-12-7-13(11-5-6-11)21(4)20-12/h7,9,11H,5-6,8,10H2,1-4H3,(H,19,22). The van der Waals surface area contributed by atoms with Gasteiger partial charge in [-0.25, -0.2) is 4.98 Å². The molecule has 0 aromatic carbocycles. The molecule has 0 atom stereocenters. The van der Waals surface area contributed by atoms with E-state index in [1.165, 1.54) is 29.9 Å². The maximum Gasteiger partial charge on any atom is 0.263 e. The number of thiazole rings is 1. The Morgan fingerprint density at radius 3 is 2.88 bits per heavy atom. The van der Waals surface area contributed by atoms with E-state index in [9.17, 15) is 4.79 Å². The third-order valence-electron chi connectivity index (χ3n) is 3.80. The molecule has 0 spiro atoms. The van der Waals surface area contributed by atoms with E-state index in [0.717, 1.165) is 10.7 Å². The Kier molecular flexibility index (Phi) is 4.73. The van der Waals surface area contributed by atoms with Crippen LogP contribution in [0.25, 0.3) is 0 Å². The van der Waals surface area contributed by atoms with Crippen molar-refractivity contribution in [3.05, 3.63) is 33.5 Å². The second-order valence-corrected chi connectivity index (χ2v) is 8.28. The normalized spacial score (nSPS) is 14.8. The first-order chi connectivity index (χ1) is 11.3. The SMILES string of the molecule is Cn1nc(CNC(=O)c2cnc(COC(C)(C)C)s2)cc1C1CC1. The lowest BCUT2D eigenvalue weighted by Crippen LogP contribution is -2.22. The first-order valence-corrected chi connectivity index (χ1v) is 9.03. The number of hydrogen-bond donors (Lipinski definition) is 1. The molecular weight excluding hydrogens is 324 g/mol. The van der Waals surface area contributed by atoms with Gasteiger partial charge in [0, 0.05) is 18.7 Å². The number of carbonyl (C=O) groups is 1. The fourth-order valence-electron chi connectivity index (χ4n) is 2.41. The third-order valence-corrected chi connectivity index (χ3v) is 4.77. The van der Waals surface area contributed by atoms with Gasteiger partial charge in [0.2, 0.25) is 0 Å². The smallest absolute Gasteiger partial charge is 0.263 e. The molecule has 6 nitrogen and oxygen atoms in total. The van der Waals surface area contributed by atoms with Crippen LogP contribution in [0.4, 0.5) is 0 Å². The molecule has 0 bridgehead atoms. The molecule has 1 aliphatic rings. The van der Waals surface area contributed by atoms with E-state index < -0.39 is 0 Å². The summed E-state index contributed by atoms with van der Waals surface area (Å²) in [7, 11) is 1.96. The number of ether oxygens (including phenoxy) is 1. The van der Waals surface area contributed by atoms with Gasteiger partial charge in [-0.15, -0.1) is 11.3 Å². The summed E-state index contributed by atoms with van der Waals surface area (Å²) in [5.74, 6) is 0.534. The number of rotatable bonds is 6. The Morgan fingerprint density at radius 1 is 1.46 bits per heavy atom. The minimum atomic E-state index is -0.216. The lowest BCUT2D eigenvalue weighted by atomic mass is 10.2. The van der Waals surface area contributed by atoms with Crippen LogP contribution in [0.1, 0.15) is 65.6 Å². The van der Waals surface area contributed by atoms with Gasteiger partial charge in [-0.3, -0.25) is 9.48 Å². The highest BCUT2D eigenvalue weighted by molar-refractivity contribution is 7.13. The van der Waals surface area contributed by atoms with Crippen LogP contribution in [-0.2, 0) is 24.9 Å². The number of carbonyl (C=O) groups excluding carboxylic acids is 1. The summed E-state index contributed by atoms with van der Waals surface area (Å²) in [5, 5.41) is 8.19. The van der Waals surface area contributed by atoms with Crippen molar-refractivity contribution in [2.24, 2.45) is 7.05 Å². The van der Waals surface area contributed by atoms with Crippen LogP contribution < -0.4 is 5.32 Å². The molecule has 1 amide bonds. The van der Waals surface area contributed by atoms with Crippen LogP contribution in [0.5, 0.6) is 0 Å². The minimum Gasteiger partial charge on any atom is -0.369 e. The quantitative estimate of drug-likeness (QED) is 0.871. The maximum atomic E-state index is 12.3. The predicted molar refractivity (Wildman–Crippen MR) is 93.0 cm³/mol. The second kappa shape index (κ2) is 6.64. The van der Waals surface area contributed by atoms with Crippen molar-refractivity contribution in [3.8, 4) is 0 Å². The van der Waals surface area contributed by atoms with Crippen molar-refractivity contribution in [1.29, 1.82) is 0 Å². The van der Waals surface area contributed by atoms with E-state index in [0.29, 0.717) is 23.9 Å². The van der Waals surface area contributed by atoms with Crippen molar-refractivity contribution in [1.82, 2.24) is 20.1 Å². The summed E-state index contributed by atoms with van der Waals surface area (Å²) in [6.07, 6.45) is 4.09. The summed E-state index contributed by atoms with van der Waals surface area (Å²) in [6.45, 7) is 6.85. The van der Waals surface area contributed by atoms with E-state index >= 15 is 0 Å². The van der Waals surface area contributed by atoms with Crippen LogP contribution >= 0.6 is 11.3 Å². The van der Waals surface area contributed by atoms with E-state index in [4.69, 9.17) is 4.74 Å². The second-order valence-electron chi connectivity index (χ2n) is 7.16. The van der Waals surface area contributed by atoms with Gasteiger partial charge < -0.3 is 10.1 Å². The van der Waals surface area contributed by atoms with Crippen molar-refractivity contribution >= 4 is 17.2 Å². The van der Waals surface area contributed by atoms with Crippen LogP contribution in [0.3, 0.4) is 0 Å². The molecule has 24 heavy (non-hydrogen) atoms. The minimum absolute atomic E-state index is 0.117. The molecule has 7 heteroatoms. The van der Waals surface area contributed by atoms with E-state index in [-0.39, 0.29) is 11.5 Å². The van der Waals surface area contributed by atoms with Gasteiger partial charge in [0.05, 0.1) is 30.6 Å². The van der Waals surface area contributed by atoms with Crippen molar-refractivity contribution in [2.45, 2.75) is 58.3 Å². The largest absolute Gasteiger partial charge is 0.369 e. The van der Waals surface area contributed by atoms with Gasteiger partial charge in [0.1, 0.15) is 9.88 Å². The fourth-order valence-corrected chi connectivity index (χ4v) is 3.16. The summed E-state index contributed by atoms with van der Waals surface area (Å²) >= 11 is 1.37. The van der Waals surface area contributed by atoms with Crippen molar-refractivity contribution in [2.75, 3.05) is 0 Å². The lowest BCUT2D eigenvalue weighted by Gasteiger charge is -2.18. The number of amides is 1. The Balaban J connectivity index is 1.53. The Hall–Kier alpha value is -1.73. The van der Waals surface area contributed by atoms with Gasteiger partial charge in [0.15, 0.2) is 0 Å². The molecule has 0 unspecified atom stereocenters. The van der Waals surface area contributed by atoms with E-state index in [2.05, 4.69) is 21.5 Å². The predicted octanol–water partition coefficient (Wildman–Crippen LogP) is 3.00. The van der Waals surface area contributed by atoms with Crippen LogP contribution in [0.15, 0.2) is 12.3 Å². The highest BCUT2D eigenvalue weighted by atomic mass is 32.1. The van der Waals surface area contributed by atoms with Crippen LogP contribution in [0, 0.1) is 0 Å². The monoisotopic (exact) mass is 348 g/mol. The topological polar surface area (TPSA) is 69.0 Å². The summed E-state index contributed by atoms with van der Waals surface area (Å²) in [5.41, 5.74) is 1.94. The highest BCUT2D eigenvalue weighted by Crippen LogP contribution is 2.39. The van der Waals surface area contributed by atoms with Gasteiger partial charge >= 0.3 is 0 Å². The molecule has 1 N–H and O–H groups in total. The zero-order valence-corrected chi connectivity index (χ0v) is 15.4. The Morgan fingerprint density at radius 2 is 2.21 bits per heavy atom. The molecule has 0 aliphatic heterocycles. The van der Waals surface area contributed by atoms with Crippen molar-refractivity contribution < 1.29 is 9.53 Å². The Labute approximate surface area is 146 Å². The first-order valence-electron chi connectivity index (χ1n) is 8.21. The van der Waals surface area contributed by atoms with Crippen LogP contribution in [-0.4, -0.2) is 26.3 Å².